The fourth-order valence-electron chi connectivity index (χ4n) is 1.71. The smallest absolute Gasteiger partial charge is 0.0537 e. The van der Waals surface area contributed by atoms with Crippen LogP contribution < -0.4 is 5.73 Å². The molecule has 0 radical (unpaired) electrons. The molecule has 1 aliphatic rings. The molecule has 1 aromatic heterocycles. The van der Waals surface area contributed by atoms with Crippen molar-refractivity contribution in [1.29, 1.82) is 0 Å². The van der Waals surface area contributed by atoms with Gasteiger partial charge in [0.05, 0.1) is 12.8 Å². The van der Waals surface area contributed by atoms with E-state index in [2.05, 4.69) is 5.10 Å². The molecule has 2 heterocycles. The van der Waals surface area contributed by atoms with Crippen LogP contribution in [0.3, 0.4) is 0 Å². The molecule has 78 valence electrons. The molecule has 0 aliphatic carbocycles. The largest absolute Gasteiger partial charge is 0.381 e. The fourth-order valence-corrected chi connectivity index (χ4v) is 1.71. The van der Waals surface area contributed by atoms with E-state index in [0.29, 0.717) is 5.92 Å². The lowest BCUT2D eigenvalue weighted by Crippen LogP contribution is -2.11. The van der Waals surface area contributed by atoms with Gasteiger partial charge in [0.25, 0.3) is 0 Å². The van der Waals surface area contributed by atoms with Crippen LogP contribution in [-0.2, 0) is 11.3 Å². The molecular formula is C10H17N3O. The maximum Gasteiger partial charge on any atom is 0.0537 e. The van der Waals surface area contributed by atoms with E-state index in [1.165, 1.54) is 0 Å². The van der Waals surface area contributed by atoms with E-state index in [1.54, 1.807) is 0 Å². The zero-order chi connectivity index (χ0) is 9.97. The van der Waals surface area contributed by atoms with E-state index >= 15 is 0 Å². The standard InChI is InChI=1S/C10H17N3O/c1-8(11)10-4-12-13(6-10)5-9-2-3-14-7-9/h4,6,8-9H,2-3,5,7,11H2,1H3. The van der Waals surface area contributed by atoms with E-state index in [0.717, 1.165) is 31.7 Å². The molecule has 2 N–H and O–H groups in total. The molecule has 1 saturated heterocycles. The summed E-state index contributed by atoms with van der Waals surface area (Å²) in [4.78, 5) is 0. The maximum atomic E-state index is 5.76. The van der Waals surface area contributed by atoms with Gasteiger partial charge >= 0.3 is 0 Å². The second-order valence-electron chi connectivity index (χ2n) is 4.01. The SMILES string of the molecule is CC(N)c1cnn(CC2CCOC2)c1. The molecule has 0 saturated carbocycles. The normalized spacial score (nSPS) is 24.0. The summed E-state index contributed by atoms with van der Waals surface area (Å²) in [5.41, 5.74) is 6.86. The lowest BCUT2D eigenvalue weighted by molar-refractivity contribution is 0.181. The molecule has 1 fully saturated rings. The lowest BCUT2D eigenvalue weighted by Gasteiger charge is -2.06. The predicted octanol–water partition coefficient (Wildman–Crippen LogP) is 0.939. The van der Waals surface area contributed by atoms with Crippen molar-refractivity contribution in [3.63, 3.8) is 0 Å². The minimum absolute atomic E-state index is 0.0728. The molecule has 1 aliphatic heterocycles. The van der Waals surface area contributed by atoms with Gasteiger partial charge in [0.1, 0.15) is 0 Å². The van der Waals surface area contributed by atoms with Gasteiger partial charge in [-0.2, -0.15) is 5.10 Å². The van der Waals surface area contributed by atoms with Crippen molar-refractivity contribution in [3.8, 4) is 0 Å². The summed E-state index contributed by atoms with van der Waals surface area (Å²) in [6.45, 7) is 4.69. The van der Waals surface area contributed by atoms with Gasteiger partial charge in [-0.1, -0.05) is 0 Å². The molecule has 0 bridgehead atoms. The van der Waals surface area contributed by atoms with Gasteiger partial charge in [-0.25, -0.2) is 0 Å². The summed E-state index contributed by atoms with van der Waals surface area (Å²) in [6.07, 6.45) is 5.02. The number of nitrogens with two attached hydrogens (primary N) is 1. The first-order valence-corrected chi connectivity index (χ1v) is 5.11. The van der Waals surface area contributed by atoms with Gasteiger partial charge in [-0.15, -0.1) is 0 Å². The van der Waals surface area contributed by atoms with Crippen LogP contribution in [0, 0.1) is 5.92 Å². The molecular weight excluding hydrogens is 178 g/mol. The molecule has 4 nitrogen and oxygen atoms in total. The lowest BCUT2D eigenvalue weighted by atomic mass is 10.1. The van der Waals surface area contributed by atoms with Crippen molar-refractivity contribution < 1.29 is 4.74 Å². The van der Waals surface area contributed by atoms with Gasteiger partial charge in [-0.05, 0) is 13.3 Å². The Hall–Kier alpha value is -0.870. The molecule has 2 unspecified atom stereocenters. The van der Waals surface area contributed by atoms with Gasteiger partial charge in [0, 0.05) is 36.9 Å². The summed E-state index contributed by atoms with van der Waals surface area (Å²) in [6, 6.07) is 0.0728. The van der Waals surface area contributed by atoms with E-state index < -0.39 is 0 Å². The quantitative estimate of drug-likeness (QED) is 0.781. The van der Waals surface area contributed by atoms with E-state index in [9.17, 15) is 0 Å². The Morgan fingerprint density at radius 1 is 1.79 bits per heavy atom. The topological polar surface area (TPSA) is 53.1 Å². The third-order valence-corrected chi connectivity index (χ3v) is 2.65. The monoisotopic (exact) mass is 195 g/mol. The van der Waals surface area contributed by atoms with Crippen LogP contribution in [0.5, 0.6) is 0 Å². The predicted molar refractivity (Wildman–Crippen MR) is 53.8 cm³/mol. The molecule has 2 rings (SSSR count). The third-order valence-electron chi connectivity index (χ3n) is 2.65. The molecule has 0 amide bonds. The van der Waals surface area contributed by atoms with Gasteiger partial charge in [0.15, 0.2) is 0 Å². The summed E-state index contributed by atoms with van der Waals surface area (Å²) in [5.74, 6) is 0.621. The van der Waals surface area contributed by atoms with Crippen LogP contribution in [0.25, 0.3) is 0 Å². The number of rotatable bonds is 3. The van der Waals surface area contributed by atoms with Crippen molar-refractivity contribution in [2.24, 2.45) is 11.7 Å². The van der Waals surface area contributed by atoms with Crippen LogP contribution in [0.2, 0.25) is 0 Å². The number of aromatic nitrogens is 2. The van der Waals surface area contributed by atoms with Crippen molar-refractivity contribution in [2.45, 2.75) is 25.9 Å². The first-order chi connectivity index (χ1) is 6.75. The Kier molecular flexibility index (Phi) is 2.84. The maximum absolute atomic E-state index is 5.76. The summed E-state index contributed by atoms with van der Waals surface area (Å²) in [5, 5.41) is 4.28. The molecule has 0 spiro atoms. The third kappa shape index (κ3) is 2.13. The summed E-state index contributed by atoms with van der Waals surface area (Å²) >= 11 is 0. The van der Waals surface area contributed by atoms with Crippen molar-refractivity contribution in [2.75, 3.05) is 13.2 Å². The average Bonchev–Trinajstić information content (AvgIpc) is 2.75. The van der Waals surface area contributed by atoms with Crippen LogP contribution in [0.4, 0.5) is 0 Å². The first-order valence-electron chi connectivity index (χ1n) is 5.11. The zero-order valence-electron chi connectivity index (χ0n) is 8.52. The summed E-state index contributed by atoms with van der Waals surface area (Å²) < 4.78 is 7.29. The van der Waals surface area contributed by atoms with Crippen LogP contribution in [0.1, 0.15) is 24.9 Å². The van der Waals surface area contributed by atoms with Crippen molar-refractivity contribution >= 4 is 0 Å². The minimum Gasteiger partial charge on any atom is -0.381 e. The summed E-state index contributed by atoms with van der Waals surface area (Å²) in [7, 11) is 0. The number of hydrogen-bond donors (Lipinski definition) is 1. The Balaban J connectivity index is 1.95. The van der Waals surface area contributed by atoms with Crippen molar-refractivity contribution in [1.82, 2.24) is 9.78 Å². The second-order valence-corrected chi connectivity index (χ2v) is 4.01. The highest BCUT2D eigenvalue weighted by atomic mass is 16.5. The Morgan fingerprint density at radius 3 is 3.21 bits per heavy atom. The van der Waals surface area contributed by atoms with Crippen LogP contribution in [-0.4, -0.2) is 23.0 Å². The first kappa shape index (κ1) is 9.68. The molecule has 2 atom stereocenters. The Labute approximate surface area is 84.0 Å². The highest BCUT2D eigenvalue weighted by Crippen LogP contribution is 2.15. The number of hydrogen-bond acceptors (Lipinski definition) is 3. The highest BCUT2D eigenvalue weighted by molar-refractivity contribution is 5.08. The van der Waals surface area contributed by atoms with E-state index in [-0.39, 0.29) is 6.04 Å². The minimum atomic E-state index is 0.0728. The second kappa shape index (κ2) is 4.11. The highest BCUT2D eigenvalue weighted by Gasteiger charge is 2.16. The Morgan fingerprint density at radius 2 is 2.64 bits per heavy atom. The molecule has 0 aromatic carbocycles. The van der Waals surface area contributed by atoms with Crippen LogP contribution >= 0.6 is 0 Å². The molecule has 1 aromatic rings. The Bertz CT molecular complexity index is 289. The fraction of sp³-hybridized carbons (Fsp3) is 0.700. The van der Waals surface area contributed by atoms with Gasteiger partial charge < -0.3 is 10.5 Å². The number of nitrogens with zero attached hydrogens (tertiary/aromatic N) is 2. The van der Waals surface area contributed by atoms with Crippen LogP contribution in [0.15, 0.2) is 12.4 Å². The van der Waals surface area contributed by atoms with E-state index in [1.807, 2.05) is 24.0 Å². The van der Waals surface area contributed by atoms with E-state index in [4.69, 9.17) is 10.5 Å². The van der Waals surface area contributed by atoms with Gasteiger partial charge in [-0.3, -0.25) is 4.68 Å². The molecule has 14 heavy (non-hydrogen) atoms. The number of ether oxygens (including phenoxy) is 1. The molecule has 4 heteroatoms. The van der Waals surface area contributed by atoms with Gasteiger partial charge in [0.2, 0.25) is 0 Å². The zero-order valence-corrected chi connectivity index (χ0v) is 8.52. The average molecular weight is 195 g/mol. The van der Waals surface area contributed by atoms with Crippen molar-refractivity contribution in [3.05, 3.63) is 18.0 Å².